The quantitative estimate of drug-likeness (QED) is 0.837. The van der Waals surface area contributed by atoms with Crippen LogP contribution in [0.4, 0.5) is 0 Å². The minimum Gasteiger partial charge on any atom is -0.481 e. The lowest BCUT2D eigenvalue weighted by Gasteiger charge is -2.38. The molecule has 2 fully saturated rings. The van der Waals surface area contributed by atoms with Crippen LogP contribution in [0.25, 0.3) is 0 Å². The highest BCUT2D eigenvalue weighted by atomic mass is 16.4. The topological polar surface area (TPSA) is 66.4 Å². The van der Waals surface area contributed by atoms with E-state index in [2.05, 4.69) is 19.2 Å². The Kier molecular flexibility index (Phi) is 5.28. The summed E-state index contributed by atoms with van der Waals surface area (Å²) < 4.78 is 0. The summed E-state index contributed by atoms with van der Waals surface area (Å²) in [6.45, 7) is 4.89. The van der Waals surface area contributed by atoms with Gasteiger partial charge in [0.15, 0.2) is 0 Å². The number of nitrogens with one attached hydrogen (secondary N) is 1. The van der Waals surface area contributed by atoms with Crippen molar-refractivity contribution < 1.29 is 14.7 Å². The van der Waals surface area contributed by atoms with Gasteiger partial charge in [0.1, 0.15) is 0 Å². The maximum Gasteiger partial charge on any atom is 0.306 e. The van der Waals surface area contributed by atoms with Crippen molar-refractivity contribution in [3.8, 4) is 0 Å². The van der Waals surface area contributed by atoms with Gasteiger partial charge in [-0.3, -0.25) is 9.59 Å². The molecule has 0 aromatic rings. The lowest BCUT2D eigenvalue weighted by Crippen LogP contribution is -2.44. The molecule has 0 spiro atoms. The van der Waals surface area contributed by atoms with Gasteiger partial charge in [-0.05, 0) is 37.0 Å². The fraction of sp³-hybridized carbons (Fsp3) is 0.882. The maximum atomic E-state index is 12.5. The number of rotatable bonds is 4. The summed E-state index contributed by atoms with van der Waals surface area (Å²) in [5.74, 6) is -0.662. The van der Waals surface area contributed by atoms with E-state index in [1.165, 1.54) is 6.42 Å². The van der Waals surface area contributed by atoms with Crippen LogP contribution in [0.3, 0.4) is 0 Å². The van der Waals surface area contributed by atoms with Crippen molar-refractivity contribution in [3.63, 3.8) is 0 Å². The van der Waals surface area contributed by atoms with Crippen LogP contribution in [0.1, 0.15) is 65.2 Å². The van der Waals surface area contributed by atoms with Crippen molar-refractivity contribution in [3.05, 3.63) is 0 Å². The van der Waals surface area contributed by atoms with Gasteiger partial charge in [-0.25, -0.2) is 0 Å². The Balaban J connectivity index is 1.89. The van der Waals surface area contributed by atoms with Crippen molar-refractivity contribution in [2.45, 2.75) is 65.2 Å². The second-order valence-corrected chi connectivity index (χ2v) is 7.52. The molecule has 4 nitrogen and oxygen atoms in total. The Morgan fingerprint density at radius 1 is 1.10 bits per heavy atom. The highest BCUT2D eigenvalue weighted by molar-refractivity contribution is 5.79. The van der Waals surface area contributed by atoms with Crippen LogP contribution < -0.4 is 5.32 Å². The van der Waals surface area contributed by atoms with Crippen molar-refractivity contribution in [1.82, 2.24) is 5.32 Å². The molecule has 2 aliphatic carbocycles. The Labute approximate surface area is 127 Å². The molecule has 0 saturated heterocycles. The second kappa shape index (κ2) is 6.80. The molecule has 1 amide bonds. The summed E-state index contributed by atoms with van der Waals surface area (Å²) >= 11 is 0. The number of hydrogen-bond donors (Lipinski definition) is 2. The number of carboxylic acids is 1. The Bertz CT molecular complexity index is 391. The van der Waals surface area contributed by atoms with Gasteiger partial charge in [0.25, 0.3) is 0 Å². The van der Waals surface area contributed by atoms with Crippen molar-refractivity contribution in [1.29, 1.82) is 0 Å². The first-order valence-electron chi connectivity index (χ1n) is 8.42. The number of carboxylic acid groups (broad SMARTS) is 1. The van der Waals surface area contributed by atoms with Crippen LogP contribution in [0, 0.1) is 23.2 Å². The number of amides is 1. The summed E-state index contributed by atoms with van der Waals surface area (Å²) in [7, 11) is 0. The predicted molar refractivity (Wildman–Crippen MR) is 81.8 cm³/mol. The van der Waals surface area contributed by atoms with Gasteiger partial charge in [0.2, 0.25) is 5.91 Å². The van der Waals surface area contributed by atoms with Crippen molar-refractivity contribution in [2.24, 2.45) is 23.2 Å². The van der Waals surface area contributed by atoms with Crippen LogP contribution in [0.2, 0.25) is 0 Å². The van der Waals surface area contributed by atoms with Crippen LogP contribution in [0.15, 0.2) is 0 Å². The smallest absolute Gasteiger partial charge is 0.306 e. The van der Waals surface area contributed by atoms with E-state index in [1.54, 1.807) is 0 Å². The van der Waals surface area contributed by atoms with Gasteiger partial charge in [-0.15, -0.1) is 0 Å². The van der Waals surface area contributed by atoms with Gasteiger partial charge in [-0.2, -0.15) is 0 Å². The molecular weight excluding hydrogens is 266 g/mol. The number of carbonyl (C=O) groups is 2. The highest BCUT2D eigenvalue weighted by Crippen LogP contribution is 2.40. The molecular formula is C17H29NO3. The molecule has 0 heterocycles. The van der Waals surface area contributed by atoms with Gasteiger partial charge < -0.3 is 10.4 Å². The van der Waals surface area contributed by atoms with Crippen LogP contribution >= 0.6 is 0 Å². The summed E-state index contributed by atoms with van der Waals surface area (Å²) in [6.07, 6.45) is 8.16. The van der Waals surface area contributed by atoms with Gasteiger partial charge >= 0.3 is 5.97 Å². The van der Waals surface area contributed by atoms with Gasteiger partial charge in [0, 0.05) is 12.5 Å². The van der Waals surface area contributed by atoms with Crippen LogP contribution in [-0.4, -0.2) is 23.5 Å². The van der Waals surface area contributed by atoms with Crippen LogP contribution in [-0.2, 0) is 9.59 Å². The Morgan fingerprint density at radius 3 is 2.43 bits per heavy atom. The van der Waals surface area contributed by atoms with E-state index in [1.807, 2.05) is 0 Å². The predicted octanol–water partition coefficient (Wildman–Crippen LogP) is 3.21. The third-order valence-electron chi connectivity index (χ3n) is 5.59. The molecule has 0 aliphatic heterocycles. The molecule has 0 bridgehead atoms. The zero-order valence-electron chi connectivity index (χ0n) is 13.4. The first kappa shape index (κ1) is 16.3. The average Bonchev–Trinajstić information content (AvgIpc) is 2.44. The highest BCUT2D eigenvalue weighted by Gasteiger charge is 2.38. The molecule has 3 unspecified atom stereocenters. The van der Waals surface area contributed by atoms with E-state index < -0.39 is 5.97 Å². The van der Waals surface area contributed by atoms with Gasteiger partial charge in [-0.1, -0.05) is 39.5 Å². The van der Waals surface area contributed by atoms with E-state index in [0.717, 1.165) is 44.9 Å². The van der Waals surface area contributed by atoms with E-state index in [-0.39, 0.29) is 29.1 Å². The average molecular weight is 295 g/mol. The summed E-state index contributed by atoms with van der Waals surface area (Å²) in [5, 5.41) is 12.4. The molecule has 0 radical (unpaired) electrons. The number of carbonyl (C=O) groups excluding carboxylic acids is 1. The summed E-state index contributed by atoms with van der Waals surface area (Å²) in [5.41, 5.74) is 0.0705. The molecule has 2 rings (SSSR count). The Morgan fingerprint density at radius 2 is 1.76 bits per heavy atom. The largest absolute Gasteiger partial charge is 0.481 e. The molecule has 120 valence electrons. The fourth-order valence-corrected chi connectivity index (χ4v) is 4.11. The fourth-order valence-electron chi connectivity index (χ4n) is 4.11. The van der Waals surface area contributed by atoms with Crippen molar-refractivity contribution in [2.75, 3.05) is 6.54 Å². The van der Waals surface area contributed by atoms with E-state index in [0.29, 0.717) is 6.54 Å². The van der Waals surface area contributed by atoms with E-state index >= 15 is 0 Å². The third kappa shape index (κ3) is 3.98. The minimum atomic E-state index is -0.702. The first-order valence-corrected chi connectivity index (χ1v) is 8.42. The zero-order chi connectivity index (χ0) is 15.5. The van der Waals surface area contributed by atoms with Crippen LogP contribution in [0.5, 0.6) is 0 Å². The molecule has 2 N–H and O–H groups in total. The lowest BCUT2D eigenvalue weighted by molar-refractivity contribution is -0.145. The molecule has 3 atom stereocenters. The third-order valence-corrected chi connectivity index (χ3v) is 5.59. The monoisotopic (exact) mass is 295 g/mol. The van der Waals surface area contributed by atoms with E-state index in [4.69, 9.17) is 0 Å². The molecule has 4 heteroatoms. The summed E-state index contributed by atoms with van der Waals surface area (Å²) in [6, 6.07) is 0. The minimum absolute atomic E-state index is 0.0705. The van der Waals surface area contributed by atoms with Crippen molar-refractivity contribution >= 4 is 11.9 Å². The first-order chi connectivity index (χ1) is 9.92. The standard InChI is InChI=1S/C17H29NO3/c1-17(2)10-6-5-9-14(17)15(19)18-11-12-7-3-4-8-13(12)16(20)21/h12-14H,3-11H2,1-2H3,(H,18,19)(H,20,21). The lowest BCUT2D eigenvalue weighted by atomic mass is 9.68. The molecule has 2 aliphatic rings. The maximum absolute atomic E-state index is 12.5. The molecule has 0 aromatic carbocycles. The SMILES string of the molecule is CC1(C)CCCCC1C(=O)NCC1CCCCC1C(=O)O. The molecule has 21 heavy (non-hydrogen) atoms. The number of hydrogen-bond acceptors (Lipinski definition) is 2. The molecule has 0 aromatic heterocycles. The normalized spacial score (nSPS) is 32.4. The molecule has 2 saturated carbocycles. The second-order valence-electron chi connectivity index (χ2n) is 7.52. The summed E-state index contributed by atoms with van der Waals surface area (Å²) in [4.78, 5) is 23.8. The Hall–Kier alpha value is -1.06. The van der Waals surface area contributed by atoms with Gasteiger partial charge in [0.05, 0.1) is 5.92 Å². The van der Waals surface area contributed by atoms with E-state index in [9.17, 15) is 14.7 Å². The zero-order valence-corrected chi connectivity index (χ0v) is 13.4. The number of aliphatic carboxylic acids is 1.